The van der Waals surface area contributed by atoms with E-state index in [-0.39, 0.29) is 5.91 Å². The number of fused-ring (bicyclic) bond motifs is 1. The van der Waals surface area contributed by atoms with Gasteiger partial charge in [-0.2, -0.15) is 0 Å². The molecule has 0 unspecified atom stereocenters. The molecule has 1 N–H and O–H groups in total. The van der Waals surface area contributed by atoms with E-state index in [1.165, 1.54) is 34.4 Å². The summed E-state index contributed by atoms with van der Waals surface area (Å²) in [5.41, 5.74) is 4.11. The number of hydrogen-bond donors (Lipinski definition) is 1. The predicted molar refractivity (Wildman–Crippen MR) is 103 cm³/mol. The Bertz CT molecular complexity index is 750. The van der Waals surface area contributed by atoms with Gasteiger partial charge in [-0.15, -0.1) is 11.3 Å². The van der Waals surface area contributed by atoms with Crippen LogP contribution in [0.2, 0.25) is 0 Å². The quantitative estimate of drug-likeness (QED) is 0.857. The van der Waals surface area contributed by atoms with Gasteiger partial charge in [-0.3, -0.25) is 9.69 Å². The Morgan fingerprint density at radius 3 is 2.92 bits per heavy atom. The Morgan fingerprint density at radius 1 is 1.28 bits per heavy atom. The Kier molecular flexibility index (Phi) is 4.91. The molecule has 4 rings (SSSR count). The number of nitrogens with one attached hydrogen (secondary N) is 1. The molecule has 0 radical (unpaired) electrons. The zero-order chi connectivity index (χ0) is 17.2. The van der Waals surface area contributed by atoms with Crippen LogP contribution < -0.4 is 5.32 Å². The number of benzene rings is 1. The fourth-order valence-electron chi connectivity index (χ4n) is 4.01. The molecular weight excluding hydrogens is 328 g/mol. The number of carbonyl (C=O) groups is 1. The number of amides is 1. The molecule has 0 spiro atoms. The van der Waals surface area contributed by atoms with Crippen LogP contribution in [-0.2, 0) is 17.6 Å². The van der Waals surface area contributed by atoms with Crippen LogP contribution in [0, 0.1) is 12.8 Å². The highest BCUT2D eigenvalue weighted by Crippen LogP contribution is 2.48. The Hall–Kier alpha value is -1.65. The molecule has 2 aliphatic rings. The van der Waals surface area contributed by atoms with Gasteiger partial charge < -0.3 is 5.32 Å². The number of nitrogens with zero attached hydrogens (tertiary/aromatic N) is 1. The number of carbonyl (C=O) groups excluding carboxylic acids is 1. The van der Waals surface area contributed by atoms with Gasteiger partial charge in [-0.05, 0) is 66.7 Å². The van der Waals surface area contributed by atoms with Crippen molar-refractivity contribution in [1.29, 1.82) is 0 Å². The Labute approximate surface area is 154 Å². The highest BCUT2D eigenvalue weighted by atomic mass is 32.1. The summed E-state index contributed by atoms with van der Waals surface area (Å²) in [6.45, 7) is 4.39. The molecule has 1 amide bonds. The maximum Gasteiger partial charge on any atom is 0.234 e. The van der Waals surface area contributed by atoms with E-state index >= 15 is 0 Å². The minimum absolute atomic E-state index is 0.165. The van der Waals surface area contributed by atoms with E-state index < -0.39 is 0 Å². The first-order chi connectivity index (χ1) is 12.2. The van der Waals surface area contributed by atoms with Crippen molar-refractivity contribution in [2.75, 3.05) is 19.6 Å². The summed E-state index contributed by atoms with van der Waals surface area (Å²) in [7, 11) is 0. The molecule has 1 aliphatic carbocycles. The van der Waals surface area contributed by atoms with Crippen LogP contribution in [0.4, 0.5) is 0 Å². The van der Waals surface area contributed by atoms with E-state index in [9.17, 15) is 4.79 Å². The SMILES string of the molecule is Cc1ccccc1CCNC(=O)CN1CCc2sccc2[C@@H]1C1CC1. The molecule has 1 saturated carbocycles. The lowest BCUT2D eigenvalue weighted by atomic mass is 9.96. The summed E-state index contributed by atoms with van der Waals surface area (Å²) < 4.78 is 0. The molecule has 2 heterocycles. The van der Waals surface area contributed by atoms with Gasteiger partial charge in [0.15, 0.2) is 0 Å². The van der Waals surface area contributed by atoms with Crippen LogP contribution in [0.15, 0.2) is 35.7 Å². The second-order valence-corrected chi connectivity index (χ2v) is 8.33. The van der Waals surface area contributed by atoms with Crippen LogP contribution in [-0.4, -0.2) is 30.4 Å². The molecule has 1 aromatic carbocycles. The first kappa shape index (κ1) is 16.8. The summed E-state index contributed by atoms with van der Waals surface area (Å²) in [5, 5.41) is 5.34. The van der Waals surface area contributed by atoms with Gasteiger partial charge in [-0.1, -0.05) is 24.3 Å². The highest BCUT2D eigenvalue weighted by molar-refractivity contribution is 7.10. The van der Waals surface area contributed by atoms with Crippen molar-refractivity contribution in [2.24, 2.45) is 5.92 Å². The van der Waals surface area contributed by atoms with Gasteiger partial charge >= 0.3 is 0 Å². The fraction of sp³-hybridized carbons (Fsp3) is 0.476. The first-order valence-electron chi connectivity index (χ1n) is 9.34. The lowest BCUT2D eigenvalue weighted by molar-refractivity contribution is -0.123. The van der Waals surface area contributed by atoms with Gasteiger partial charge in [0.05, 0.1) is 6.54 Å². The normalized spacial score (nSPS) is 20.3. The van der Waals surface area contributed by atoms with E-state index in [1.54, 1.807) is 0 Å². The zero-order valence-corrected chi connectivity index (χ0v) is 15.6. The zero-order valence-electron chi connectivity index (χ0n) is 14.8. The molecule has 3 nitrogen and oxygen atoms in total. The van der Waals surface area contributed by atoms with Crippen molar-refractivity contribution in [3.63, 3.8) is 0 Å². The van der Waals surface area contributed by atoms with Gasteiger partial charge in [0.1, 0.15) is 0 Å². The van der Waals surface area contributed by atoms with E-state index in [0.29, 0.717) is 12.6 Å². The predicted octanol–water partition coefficient (Wildman–Crippen LogP) is 3.72. The molecule has 25 heavy (non-hydrogen) atoms. The van der Waals surface area contributed by atoms with E-state index in [2.05, 4.69) is 52.9 Å². The van der Waals surface area contributed by atoms with Crippen LogP contribution in [0.5, 0.6) is 0 Å². The van der Waals surface area contributed by atoms with Crippen LogP contribution in [0.3, 0.4) is 0 Å². The van der Waals surface area contributed by atoms with E-state index in [4.69, 9.17) is 0 Å². The largest absolute Gasteiger partial charge is 0.355 e. The molecule has 1 atom stereocenters. The van der Waals surface area contributed by atoms with Crippen molar-refractivity contribution in [3.8, 4) is 0 Å². The second-order valence-electron chi connectivity index (χ2n) is 7.33. The van der Waals surface area contributed by atoms with Crippen LogP contribution in [0.1, 0.15) is 40.5 Å². The lowest BCUT2D eigenvalue weighted by Gasteiger charge is -2.35. The molecule has 1 aliphatic heterocycles. The van der Waals surface area contributed by atoms with Crippen molar-refractivity contribution in [3.05, 3.63) is 57.3 Å². The third kappa shape index (κ3) is 3.80. The summed E-state index contributed by atoms with van der Waals surface area (Å²) in [6, 6.07) is 11.2. The maximum atomic E-state index is 12.5. The average molecular weight is 355 g/mol. The molecule has 0 bridgehead atoms. The van der Waals surface area contributed by atoms with Crippen molar-refractivity contribution >= 4 is 17.2 Å². The molecule has 1 aromatic heterocycles. The number of hydrogen-bond acceptors (Lipinski definition) is 3. The third-order valence-electron chi connectivity index (χ3n) is 5.51. The van der Waals surface area contributed by atoms with Crippen molar-refractivity contribution in [2.45, 2.75) is 38.6 Å². The van der Waals surface area contributed by atoms with Crippen LogP contribution in [0.25, 0.3) is 0 Å². The standard InChI is InChI=1S/C21H26N2OS/c1-15-4-2-3-5-16(15)8-11-22-20(24)14-23-12-9-19-18(10-13-25-19)21(23)17-6-7-17/h2-5,10,13,17,21H,6-9,11-12,14H2,1H3,(H,22,24)/t21-/m0/s1. The summed E-state index contributed by atoms with van der Waals surface area (Å²) >= 11 is 1.88. The van der Waals surface area contributed by atoms with Crippen LogP contribution >= 0.6 is 11.3 Å². The Balaban J connectivity index is 1.32. The summed E-state index contributed by atoms with van der Waals surface area (Å²) in [4.78, 5) is 16.4. The summed E-state index contributed by atoms with van der Waals surface area (Å²) in [5.74, 6) is 0.923. The van der Waals surface area contributed by atoms with E-state index in [1.807, 2.05) is 11.3 Å². The minimum atomic E-state index is 0.165. The molecule has 0 saturated heterocycles. The fourth-order valence-corrected chi connectivity index (χ4v) is 4.92. The van der Waals surface area contributed by atoms with Crippen molar-refractivity contribution < 1.29 is 4.79 Å². The molecule has 2 aromatic rings. The second kappa shape index (κ2) is 7.30. The molecular formula is C21H26N2OS. The van der Waals surface area contributed by atoms with Crippen molar-refractivity contribution in [1.82, 2.24) is 10.2 Å². The molecule has 132 valence electrons. The summed E-state index contributed by atoms with van der Waals surface area (Å²) in [6.07, 6.45) is 4.61. The number of aryl methyl sites for hydroxylation is 1. The maximum absolute atomic E-state index is 12.5. The topological polar surface area (TPSA) is 32.3 Å². The van der Waals surface area contributed by atoms with Gasteiger partial charge in [0.2, 0.25) is 5.91 Å². The smallest absolute Gasteiger partial charge is 0.234 e. The van der Waals surface area contributed by atoms with E-state index in [0.717, 1.165) is 31.8 Å². The molecule has 4 heteroatoms. The monoisotopic (exact) mass is 354 g/mol. The highest BCUT2D eigenvalue weighted by Gasteiger charge is 2.40. The molecule has 1 fully saturated rings. The lowest BCUT2D eigenvalue weighted by Crippen LogP contribution is -2.43. The number of rotatable bonds is 6. The minimum Gasteiger partial charge on any atom is -0.355 e. The van der Waals surface area contributed by atoms with Gasteiger partial charge in [0.25, 0.3) is 0 Å². The first-order valence-corrected chi connectivity index (χ1v) is 10.2. The third-order valence-corrected chi connectivity index (χ3v) is 6.51. The van der Waals surface area contributed by atoms with Gasteiger partial charge in [0, 0.05) is 24.0 Å². The number of thiophene rings is 1. The average Bonchev–Trinajstić information content (AvgIpc) is 3.32. The van der Waals surface area contributed by atoms with Gasteiger partial charge in [-0.25, -0.2) is 0 Å². The Morgan fingerprint density at radius 2 is 2.12 bits per heavy atom.